The number of benzene rings is 1. The van der Waals surface area contributed by atoms with Crippen LogP contribution in [-0.2, 0) is 21.4 Å². The summed E-state index contributed by atoms with van der Waals surface area (Å²) in [7, 11) is -3.73. The molecule has 8 heteroatoms. The molecule has 0 fully saturated rings. The molecule has 1 aromatic carbocycles. The highest BCUT2D eigenvalue weighted by molar-refractivity contribution is 7.89. The number of halogens is 1. The van der Waals surface area contributed by atoms with Crippen molar-refractivity contribution in [2.45, 2.75) is 17.9 Å². The van der Waals surface area contributed by atoms with E-state index in [0.717, 1.165) is 5.69 Å². The number of carbonyl (C=O) groups excluding carboxylic acids is 1. The summed E-state index contributed by atoms with van der Waals surface area (Å²) in [6.45, 7) is 0.290. The van der Waals surface area contributed by atoms with Crippen molar-refractivity contribution in [3.05, 3.63) is 59.4 Å². The van der Waals surface area contributed by atoms with Gasteiger partial charge in [0.15, 0.2) is 0 Å². The van der Waals surface area contributed by atoms with E-state index < -0.39 is 10.0 Å². The summed E-state index contributed by atoms with van der Waals surface area (Å²) in [4.78, 5) is 15.8. The van der Waals surface area contributed by atoms with Crippen molar-refractivity contribution in [1.29, 1.82) is 0 Å². The fraction of sp³-hybridized carbons (Fsp3) is 0.200. The molecular formula is C15H16ClN3O3S. The monoisotopic (exact) mass is 353 g/mol. The van der Waals surface area contributed by atoms with Crippen LogP contribution in [0.3, 0.4) is 0 Å². The fourth-order valence-electron chi connectivity index (χ4n) is 1.82. The first-order chi connectivity index (χ1) is 11.0. The van der Waals surface area contributed by atoms with Crippen molar-refractivity contribution >= 4 is 27.5 Å². The zero-order valence-electron chi connectivity index (χ0n) is 12.2. The van der Waals surface area contributed by atoms with Crippen LogP contribution in [0.1, 0.15) is 12.1 Å². The molecule has 2 rings (SSSR count). The molecule has 0 aliphatic heterocycles. The molecule has 0 atom stereocenters. The minimum atomic E-state index is -3.73. The minimum absolute atomic E-state index is 0.00411. The van der Waals surface area contributed by atoms with Gasteiger partial charge in [0.1, 0.15) is 4.90 Å². The second-order valence-corrected chi connectivity index (χ2v) is 6.82. The molecule has 2 aromatic rings. The van der Waals surface area contributed by atoms with Gasteiger partial charge >= 0.3 is 0 Å². The van der Waals surface area contributed by atoms with Gasteiger partial charge in [-0.25, -0.2) is 13.1 Å². The predicted octanol–water partition coefficient (Wildman–Crippen LogP) is 1.72. The summed E-state index contributed by atoms with van der Waals surface area (Å²) in [5.41, 5.74) is 0.734. The van der Waals surface area contributed by atoms with Crippen molar-refractivity contribution < 1.29 is 13.2 Å². The molecule has 1 amide bonds. The van der Waals surface area contributed by atoms with Crippen LogP contribution in [0.15, 0.2) is 53.6 Å². The average Bonchev–Trinajstić information content (AvgIpc) is 2.54. The second-order valence-electron chi connectivity index (χ2n) is 4.68. The van der Waals surface area contributed by atoms with Gasteiger partial charge in [-0.05, 0) is 24.3 Å². The maximum Gasteiger partial charge on any atom is 0.242 e. The predicted molar refractivity (Wildman–Crippen MR) is 87.3 cm³/mol. The molecule has 122 valence electrons. The largest absolute Gasteiger partial charge is 0.350 e. The molecule has 0 spiro atoms. The number of aromatic nitrogens is 1. The fourth-order valence-corrected chi connectivity index (χ4v) is 3.37. The van der Waals surface area contributed by atoms with Crippen LogP contribution in [0.4, 0.5) is 0 Å². The van der Waals surface area contributed by atoms with E-state index in [-0.39, 0.29) is 28.8 Å². The first kappa shape index (κ1) is 17.4. The number of sulfonamides is 1. The minimum Gasteiger partial charge on any atom is -0.350 e. The lowest BCUT2D eigenvalue weighted by molar-refractivity contribution is -0.121. The summed E-state index contributed by atoms with van der Waals surface area (Å²) in [5.74, 6) is -0.266. The van der Waals surface area contributed by atoms with E-state index in [1.807, 2.05) is 6.07 Å². The summed E-state index contributed by atoms with van der Waals surface area (Å²) < 4.78 is 26.5. The van der Waals surface area contributed by atoms with Crippen LogP contribution in [0.2, 0.25) is 5.02 Å². The highest BCUT2D eigenvalue weighted by Crippen LogP contribution is 2.19. The van der Waals surface area contributed by atoms with Crippen molar-refractivity contribution in [3.8, 4) is 0 Å². The first-order valence-electron chi connectivity index (χ1n) is 6.90. The second kappa shape index (κ2) is 8.05. The number of amides is 1. The number of carbonyl (C=O) groups is 1. The van der Waals surface area contributed by atoms with Crippen molar-refractivity contribution in [2.24, 2.45) is 0 Å². The number of pyridine rings is 1. The van der Waals surface area contributed by atoms with Gasteiger partial charge in [0.2, 0.25) is 15.9 Å². The highest BCUT2D eigenvalue weighted by Gasteiger charge is 2.17. The Labute approximate surface area is 139 Å². The summed E-state index contributed by atoms with van der Waals surface area (Å²) in [6.07, 6.45) is 1.66. The van der Waals surface area contributed by atoms with E-state index in [4.69, 9.17) is 11.6 Å². The van der Waals surface area contributed by atoms with Crippen LogP contribution >= 0.6 is 11.6 Å². The Hall–Kier alpha value is -1.96. The van der Waals surface area contributed by atoms with Gasteiger partial charge in [0.25, 0.3) is 0 Å². The molecule has 2 N–H and O–H groups in total. The quantitative estimate of drug-likeness (QED) is 0.793. The van der Waals surface area contributed by atoms with Gasteiger partial charge in [-0.15, -0.1) is 0 Å². The number of rotatable bonds is 7. The van der Waals surface area contributed by atoms with Crippen molar-refractivity contribution in [1.82, 2.24) is 15.0 Å². The van der Waals surface area contributed by atoms with E-state index in [2.05, 4.69) is 15.0 Å². The molecule has 23 heavy (non-hydrogen) atoms. The third-order valence-corrected chi connectivity index (χ3v) is 4.92. The van der Waals surface area contributed by atoms with Crippen LogP contribution in [0.25, 0.3) is 0 Å². The third-order valence-electron chi connectivity index (χ3n) is 2.96. The van der Waals surface area contributed by atoms with Crippen LogP contribution in [-0.4, -0.2) is 25.9 Å². The average molecular weight is 354 g/mol. The molecule has 0 saturated carbocycles. The Morgan fingerprint density at radius 2 is 1.87 bits per heavy atom. The Morgan fingerprint density at radius 1 is 1.13 bits per heavy atom. The summed E-state index contributed by atoms with van der Waals surface area (Å²) in [5, 5.41) is 2.81. The molecule has 0 radical (unpaired) electrons. The van der Waals surface area contributed by atoms with Gasteiger partial charge in [-0.3, -0.25) is 9.78 Å². The first-order valence-corrected chi connectivity index (χ1v) is 8.76. The molecular weight excluding hydrogens is 338 g/mol. The molecule has 0 unspecified atom stereocenters. The maximum atomic E-state index is 12.1. The molecule has 6 nitrogen and oxygen atoms in total. The molecule has 0 bridgehead atoms. The van der Waals surface area contributed by atoms with Crippen molar-refractivity contribution in [3.63, 3.8) is 0 Å². The number of hydrogen-bond donors (Lipinski definition) is 2. The zero-order valence-corrected chi connectivity index (χ0v) is 13.8. The highest BCUT2D eigenvalue weighted by atomic mass is 35.5. The number of hydrogen-bond acceptors (Lipinski definition) is 4. The third kappa shape index (κ3) is 5.31. The smallest absolute Gasteiger partial charge is 0.242 e. The van der Waals surface area contributed by atoms with E-state index in [1.165, 1.54) is 12.1 Å². The van der Waals surface area contributed by atoms with Crippen LogP contribution < -0.4 is 10.0 Å². The van der Waals surface area contributed by atoms with Gasteiger partial charge in [-0.1, -0.05) is 29.8 Å². The SMILES string of the molecule is O=C(CCNS(=O)(=O)c1ccccc1Cl)NCc1ccccn1. The van der Waals surface area contributed by atoms with E-state index in [9.17, 15) is 13.2 Å². The van der Waals surface area contributed by atoms with Gasteiger partial charge < -0.3 is 5.32 Å². The Morgan fingerprint density at radius 3 is 2.57 bits per heavy atom. The molecule has 0 aliphatic carbocycles. The van der Waals surface area contributed by atoms with Gasteiger partial charge in [-0.2, -0.15) is 0 Å². The summed E-state index contributed by atoms with van der Waals surface area (Å²) >= 11 is 5.86. The Balaban J connectivity index is 1.80. The Bertz CT molecular complexity index is 767. The van der Waals surface area contributed by atoms with Crippen LogP contribution in [0.5, 0.6) is 0 Å². The van der Waals surface area contributed by atoms with Crippen LogP contribution in [0, 0.1) is 0 Å². The normalized spacial score (nSPS) is 11.2. The number of nitrogens with one attached hydrogen (secondary N) is 2. The molecule has 1 heterocycles. The van der Waals surface area contributed by atoms with E-state index >= 15 is 0 Å². The molecule has 0 aliphatic rings. The lowest BCUT2D eigenvalue weighted by Crippen LogP contribution is -2.30. The lowest BCUT2D eigenvalue weighted by atomic mass is 10.3. The van der Waals surface area contributed by atoms with Gasteiger partial charge in [0.05, 0.1) is 17.3 Å². The molecule has 1 aromatic heterocycles. The summed E-state index contributed by atoms with van der Waals surface area (Å²) in [6, 6.07) is 11.5. The molecule has 0 saturated heterocycles. The zero-order chi connectivity index (χ0) is 16.7. The number of nitrogens with zero attached hydrogens (tertiary/aromatic N) is 1. The van der Waals surface area contributed by atoms with Crippen molar-refractivity contribution in [2.75, 3.05) is 6.54 Å². The maximum absolute atomic E-state index is 12.1. The Kier molecular flexibility index (Phi) is 6.09. The lowest BCUT2D eigenvalue weighted by Gasteiger charge is -2.08. The van der Waals surface area contributed by atoms with Gasteiger partial charge in [0, 0.05) is 19.2 Å². The topological polar surface area (TPSA) is 88.2 Å². The van der Waals surface area contributed by atoms with E-state index in [0.29, 0.717) is 6.54 Å². The standard InChI is InChI=1S/C15H16ClN3O3S/c16-13-6-1-2-7-14(13)23(21,22)19-10-8-15(20)18-11-12-5-3-4-9-17-12/h1-7,9,19H,8,10-11H2,(H,18,20). The van der Waals surface area contributed by atoms with E-state index in [1.54, 1.807) is 30.5 Å².